The number of nitrogens with zero attached hydrogens (tertiary/aromatic N) is 4. The fourth-order valence-electron chi connectivity index (χ4n) is 1.45. The van der Waals surface area contributed by atoms with Gasteiger partial charge in [-0.2, -0.15) is 9.61 Å². The number of hydrogen-bond acceptors (Lipinski definition) is 4. The number of hydrogen-bond donors (Lipinski definition) is 0. The van der Waals surface area contributed by atoms with Crippen LogP contribution in [-0.4, -0.2) is 19.8 Å². The SMILES string of the molecule is Cc1nnc2ccc(-c3ccco3)nn12. The highest BCUT2D eigenvalue weighted by atomic mass is 16.3. The van der Waals surface area contributed by atoms with Gasteiger partial charge in [0.25, 0.3) is 0 Å². The first-order valence-electron chi connectivity index (χ1n) is 4.57. The van der Waals surface area contributed by atoms with Gasteiger partial charge in [0, 0.05) is 0 Å². The zero-order valence-electron chi connectivity index (χ0n) is 8.08. The summed E-state index contributed by atoms with van der Waals surface area (Å²) >= 11 is 0. The van der Waals surface area contributed by atoms with Crippen LogP contribution in [0.2, 0.25) is 0 Å². The number of fused-ring (bicyclic) bond motifs is 1. The predicted octanol–water partition coefficient (Wildman–Crippen LogP) is 1.69. The van der Waals surface area contributed by atoms with Crippen molar-refractivity contribution >= 4 is 5.65 Å². The van der Waals surface area contributed by atoms with Crippen LogP contribution in [0.4, 0.5) is 0 Å². The molecule has 0 spiro atoms. The van der Waals surface area contributed by atoms with E-state index in [4.69, 9.17) is 4.42 Å². The van der Waals surface area contributed by atoms with E-state index in [1.165, 1.54) is 0 Å². The fraction of sp³-hybridized carbons (Fsp3) is 0.100. The molecule has 0 atom stereocenters. The molecule has 0 aliphatic rings. The Hall–Kier alpha value is -2.17. The molecule has 3 rings (SSSR count). The summed E-state index contributed by atoms with van der Waals surface area (Å²) in [4.78, 5) is 0. The van der Waals surface area contributed by atoms with Crippen LogP contribution in [0.5, 0.6) is 0 Å². The second-order valence-electron chi connectivity index (χ2n) is 3.21. The van der Waals surface area contributed by atoms with Gasteiger partial charge in [-0.3, -0.25) is 0 Å². The summed E-state index contributed by atoms with van der Waals surface area (Å²) in [6, 6.07) is 7.43. The molecule has 74 valence electrons. The molecule has 0 N–H and O–H groups in total. The summed E-state index contributed by atoms with van der Waals surface area (Å²) < 4.78 is 6.96. The molecule has 0 fully saturated rings. The molecule has 3 aromatic heterocycles. The van der Waals surface area contributed by atoms with Crippen molar-refractivity contribution in [3.63, 3.8) is 0 Å². The van der Waals surface area contributed by atoms with Gasteiger partial charge in [0.1, 0.15) is 5.69 Å². The average molecular weight is 200 g/mol. The van der Waals surface area contributed by atoms with Crippen molar-refractivity contribution in [3.05, 3.63) is 36.4 Å². The Balaban J connectivity index is 2.25. The quantitative estimate of drug-likeness (QED) is 0.599. The van der Waals surface area contributed by atoms with E-state index in [2.05, 4.69) is 15.3 Å². The predicted molar refractivity (Wildman–Crippen MR) is 53.2 cm³/mol. The second-order valence-corrected chi connectivity index (χ2v) is 3.21. The van der Waals surface area contributed by atoms with Crippen molar-refractivity contribution in [2.45, 2.75) is 6.92 Å². The zero-order chi connectivity index (χ0) is 10.3. The Morgan fingerprint density at radius 3 is 2.93 bits per heavy atom. The summed E-state index contributed by atoms with van der Waals surface area (Å²) in [6.45, 7) is 1.86. The molecule has 15 heavy (non-hydrogen) atoms. The van der Waals surface area contributed by atoms with Crippen LogP contribution in [0.1, 0.15) is 5.82 Å². The molecule has 0 aliphatic carbocycles. The van der Waals surface area contributed by atoms with Gasteiger partial charge in [-0.05, 0) is 31.2 Å². The maximum Gasteiger partial charge on any atom is 0.177 e. The van der Waals surface area contributed by atoms with Crippen molar-refractivity contribution in [3.8, 4) is 11.5 Å². The Morgan fingerprint density at radius 2 is 2.13 bits per heavy atom. The fourth-order valence-corrected chi connectivity index (χ4v) is 1.45. The van der Waals surface area contributed by atoms with Crippen LogP contribution in [0, 0.1) is 6.92 Å². The number of aromatic nitrogens is 4. The number of rotatable bonds is 1. The van der Waals surface area contributed by atoms with Crippen LogP contribution in [0.15, 0.2) is 34.9 Å². The molecule has 5 nitrogen and oxygen atoms in total. The molecular formula is C10H8N4O. The van der Waals surface area contributed by atoms with Crippen molar-refractivity contribution in [1.82, 2.24) is 19.8 Å². The standard InChI is InChI=1S/C10H8N4O/c1-7-11-12-10-5-4-8(13-14(7)10)9-3-2-6-15-9/h2-6H,1H3. The smallest absolute Gasteiger partial charge is 0.177 e. The van der Waals surface area contributed by atoms with Crippen LogP contribution < -0.4 is 0 Å². The third-order valence-electron chi connectivity index (χ3n) is 2.19. The molecule has 5 heteroatoms. The lowest BCUT2D eigenvalue weighted by Gasteiger charge is -1.97. The maximum atomic E-state index is 5.27. The molecule has 3 heterocycles. The van der Waals surface area contributed by atoms with Crippen molar-refractivity contribution in [2.75, 3.05) is 0 Å². The molecule has 0 unspecified atom stereocenters. The summed E-state index contributed by atoms with van der Waals surface area (Å²) in [5.41, 5.74) is 1.51. The van der Waals surface area contributed by atoms with E-state index >= 15 is 0 Å². The first kappa shape index (κ1) is 8.16. The van der Waals surface area contributed by atoms with Crippen LogP contribution in [-0.2, 0) is 0 Å². The molecule has 0 amide bonds. The summed E-state index contributed by atoms with van der Waals surface area (Å²) in [5, 5.41) is 12.3. The maximum absolute atomic E-state index is 5.27. The van der Waals surface area contributed by atoms with E-state index in [1.54, 1.807) is 10.8 Å². The highest BCUT2D eigenvalue weighted by Gasteiger charge is 2.06. The minimum absolute atomic E-state index is 0.739. The van der Waals surface area contributed by atoms with E-state index in [-0.39, 0.29) is 0 Å². The molecule has 3 aromatic rings. The lowest BCUT2D eigenvalue weighted by molar-refractivity contribution is 0.578. The van der Waals surface area contributed by atoms with E-state index < -0.39 is 0 Å². The van der Waals surface area contributed by atoms with Gasteiger partial charge in [-0.25, -0.2) is 0 Å². The molecule has 0 aromatic carbocycles. The zero-order valence-corrected chi connectivity index (χ0v) is 8.08. The van der Waals surface area contributed by atoms with Gasteiger partial charge in [0.05, 0.1) is 6.26 Å². The molecular weight excluding hydrogens is 192 g/mol. The van der Waals surface area contributed by atoms with Crippen LogP contribution in [0.3, 0.4) is 0 Å². The molecule has 0 saturated heterocycles. The van der Waals surface area contributed by atoms with Gasteiger partial charge < -0.3 is 4.42 Å². The van der Waals surface area contributed by atoms with Crippen molar-refractivity contribution in [1.29, 1.82) is 0 Å². The lowest BCUT2D eigenvalue weighted by atomic mass is 10.3. The normalized spacial score (nSPS) is 11.0. The molecule has 0 radical (unpaired) electrons. The Kier molecular flexibility index (Phi) is 1.58. The van der Waals surface area contributed by atoms with Gasteiger partial charge in [-0.1, -0.05) is 0 Å². The third-order valence-corrected chi connectivity index (χ3v) is 2.19. The second kappa shape index (κ2) is 2.91. The summed E-state index contributed by atoms with van der Waals surface area (Å²) in [7, 11) is 0. The van der Waals surface area contributed by atoms with E-state index in [1.807, 2.05) is 31.2 Å². The average Bonchev–Trinajstić information content (AvgIpc) is 2.88. The van der Waals surface area contributed by atoms with E-state index in [9.17, 15) is 0 Å². The minimum atomic E-state index is 0.739. The van der Waals surface area contributed by atoms with Crippen LogP contribution in [0.25, 0.3) is 17.1 Å². The highest BCUT2D eigenvalue weighted by molar-refractivity contribution is 5.53. The van der Waals surface area contributed by atoms with Gasteiger partial charge in [-0.15, -0.1) is 10.2 Å². The Bertz CT molecular complexity index is 597. The molecule has 0 saturated carbocycles. The Labute approximate surface area is 85.4 Å². The largest absolute Gasteiger partial charge is 0.463 e. The lowest BCUT2D eigenvalue weighted by Crippen LogP contribution is -1.95. The van der Waals surface area contributed by atoms with Gasteiger partial charge >= 0.3 is 0 Å². The Morgan fingerprint density at radius 1 is 1.20 bits per heavy atom. The topological polar surface area (TPSA) is 56.2 Å². The monoisotopic (exact) mass is 200 g/mol. The van der Waals surface area contributed by atoms with Crippen molar-refractivity contribution in [2.24, 2.45) is 0 Å². The number of furan rings is 1. The molecule has 0 bridgehead atoms. The number of aryl methyl sites for hydroxylation is 1. The van der Waals surface area contributed by atoms with E-state index in [0.717, 1.165) is 22.9 Å². The third kappa shape index (κ3) is 1.20. The first-order valence-corrected chi connectivity index (χ1v) is 4.57. The highest BCUT2D eigenvalue weighted by Crippen LogP contribution is 2.17. The van der Waals surface area contributed by atoms with Crippen LogP contribution >= 0.6 is 0 Å². The minimum Gasteiger partial charge on any atom is -0.463 e. The van der Waals surface area contributed by atoms with E-state index in [0.29, 0.717) is 0 Å². The first-order chi connectivity index (χ1) is 7.34. The van der Waals surface area contributed by atoms with Gasteiger partial charge in [0.15, 0.2) is 17.2 Å². The van der Waals surface area contributed by atoms with Crippen molar-refractivity contribution < 1.29 is 4.42 Å². The van der Waals surface area contributed by atoms with Gasteiger partial charge in [0.2, 0.25) is 0 Å². The molecule has 0 aliphatic heterocycles. The summed E-state index contributed by atoms with van der Waals surface area (Å²) in [6.07, 6.45) is 1.63. The summed E-state index contributed by atoms with van der Waals surface area (Å²) in [5.74, 6) is 1.50.